The maximum atomic E-state index is 12.0. The summed E-state index contributed by atoms with van der Waals surface area (Å²) < 4.78 is 10.8. The molecule has 0 bridgehead atoms. The molecule has 2 fully saturated rings. The van der Waals surface area contributed by atoms with E-state index in [2.05, 4.69) is 36.9 Å². The van der Waals surface area contributed by atoms with Crippen LogP contribution in [-0.2, 0) is 16.1 Å². The fraction of sp³-hybridized carbons (Fsp3) is 0.682. The lowest BCUT2D eigenvalue weighted by molar-refractivity contribution is -0.138. The molecule has 1 aromatic rings. The van der Waals surface area contributed by atoms with Gasteiger partial charge in [-0.2, -0.15) is 0 Å². The summed E-state index contributed by atoms with van der Waals surface area (Å²) >= 11 is 0. The summed E-state index contributed by atoms with van der Waals surface area (Å²) in [6.07, 6.45) is 4.95. The first-order valence-electron chi connectivity index (χ1n) is 10.2. The van der Waals surface area contributed by atoms with E-state index < -0.39 is 0 Å². The molecule has 0 radical (unpaired) electrons. The van der Waals surface area contributed by atoms with Gasteiger partial charge in [-0.25, -0.2) is 0 Å². The minimum Gasteiger partial charge on any atom is -0.491 e. The number of benzene rings is 1. The highest BCUT2D eigenvalue weighted by Gasteiger charge is 2.38. The van der Waals surface area contributed by atoms with Gasteiger partial charge in [0.05, 0.1) is 6.10 Å². The van der Waals surface area contributed by atoms with Crippen molar-refractivity contribution in [3.63, 3.8) is 0 Å². The molecule has 27 heavy (non-hydrogen) atoms. The van der Waals surface area contributed by atoms with Crippen molar-refractivity contribution >= 4 is 5.91 Å². The van der Waals surface area contributed by atoms with E-state index in [4.69, 9.17) is 9.47 Å². The van der Waals surface area contributed by atoms with E-state index in [9.17, 15) is 4.79 Å². The van der Waals surface area contributed by atoms with E-state index in [0.29, 0.717) is 5.41 Å². The van der Waals surface area contributed by atoms with Crippen LogP contribution in [0.2, 0.25) is 0 Å². The van der Waals surface area contributed by atoms with Crippen molar-refractivity contribution in [2.24, 2.45) is 5.41 Å². The summed E-state index contributed by atoms with van der Waals surface area (Å²) in [5.41, 5.74) is 1.76. The molecule has 2 heterocycles. The molecule has 3 rings (SSSR count). The van der Waals surface area contributed by atoms with Crippen LogP contribution in [0, 0.1) is 5.41 Å². The summed E-state index contributed by atoms with van der Waals surface area (Å²) in [5.74, 6) is 1.09. The van der Waals surface area contributed by atoms with Crippen LogP contribution < -0.4 is 4.74 Å². The van der Waals surface area contributed by atoms with Crippen LogP contribution in [0.1, 0.15) is 45.1 Å². The third kappa shape index (κ3) is 5.45. The highest BCUT2D eigenvalue weighted by atomic mass is 16.5. The molecule has 1 amide bonds. The fourth-order valence-electron chi connectivity index (χ4n) is 4.38. The van der Waals surface area contributed by atoms with E-state index >= 15 is 0 Å². The maximum absolute atomic E-state index is 12.0. The number of carbonyl (C=O) groups is 1. The predicted octanol–water partition coefficient (Wildman–Crippen LogP) is 3.32. The number of methoxy groups -OCH3 is 1. The molecule has 0 saturated carbocycles. The van der Waals surface area contributed by atoms with Gasteiger partial charge in [0.15, 0.2) is 0 Å². The largest absolute Gasteiger partial charge is 0.491 e. The quantitative estimate of drug-likeness (QED) is 0.766. The van der Waals surface area contributed by atoms with Gasteiger partial charge in [0.1, 0.15) is 12.4 Å². The van der Waals surface area contributed by atoms with E-state index in [1.54, 1.807) is 7.11 Å². The van der Waals surface area contributed by atoms with Crippen LogP contribution in [0.25, 0.3) is 0 Å². The van der Waals surface area contributed by atoms with Crippen LogP contribution in [0.5, 0.6) is 5.75 Å². The van der Waals surface area contributed by atoms with Crippen LogP contribution >= 0.6 is 0 Å². The topological polar surface area (TPSA) is 42.0 Å². The normalized spacial score (nSPS) is 20.2. The number of amides is 1. The molecule has 0 N–H and O–H groups in total. The summed E-state index contributed by atoms with van der Waals surface area (Å²) in [4.78, 5) is 16.5. The molecule has 0 unspecified atom stereocenters. The number of hydrogen-bond donors (Lipinski definition) is 0. The molecule has 0 atom stereocenters. The van der Waals surface area contributed by atoms with Crippen molar-refractivity contribution in [2.75, 3.05) is 39.9 Å². The first-order valence-corrected chi connectivity index (χ1v) is 10.2. The molecule has 5 nitrogen and oxygen atoms in total. The zero-order valence-electron chi connectivity index (χ0n) is 17.1. The average Bonchev–Trinajstić information content (AvgIpc) is 2.64. The zero-order valence-corrected chi connectivity index (χ0v) is 17.1. The van der Waals surface area contributed by atoms with Gasteiger partial charge in [-0.1, -0.05) is 12.1 Å². The van der Waals surface area contributed by atoms with Crippen molar-refractivity contribution in [3.8, 4) is 5.75 Å². The number of ether oxygens (including phenoxy) is 2. The van der Waals surface area contributed by atoms with Crippen LogP contribution in [0.15, 0.2) is 24.3 Å². The lowest BCUT2D eigenvalue weighted by Gasteiger charge is -2.47. The minimum absolute atomic E-state index is 0.133. The Labute approximate surface area is 163 Å². The second-order valence-electron chi connectivity index (χ2n) is 8.40. The Hall–Kier alpha value is -1.59. The second-order valence-corrected chi connectivity index (χ2v) is 8.40. The molecular formula is C22H34N2O3. The highest BCUT2D eigenvalue weighted by Crippen LogP contribution is 2.41. The summed E-state index contributed by atoms with van der Waals surface area (Å²) in [7, 11) is 1.59. The van der Waals surface area contributed by atoms with Crippen LogP contribution in [-0.4, -0.2) is 61.7 Å². The third-order valence-electron chi connectivity index (χ3n) is 6.04. The number of rotatable bonds is 6. The Morgan fingerprint density at radius 1 is 1.11 bits per heavy atom. The molecule has 0 aliphatic carbocycles. The Morgan fingerprint density at radius 3 is 2.41 bits per heavy atom. The lowest BCUT2D eigenvalue weighted by atomic mass is 9.71. The summed E-state index contributed by atoms with van der Waals surface area (Å²) in [6.45, 7) is 9.37. The van der Waals surface area contributed by atoms with Gasteiger partial charge in [0.25, 0.3) is 0 Å². The second kappa shape index (κ2) is 9.07. The number of carbonyl (C=O) groups excluding carboxylic acids is 1. The van der Waals surface area contributed by atoms with Crippen LogP contribution in [0.3, 0.4) is 0 Å². The van der Waals surface area contributed by atoms with Crippen molar-refractivity contribution in [3.05, 3.63) is 29.8 Å². The standard InChI is InChI=1S/C22H34N2O3/c1-18(2)27-20-6-4-5-19(15-20)16-23-11-7-22(8-12-23)9-13-24(14-10-22)21(25)17-26-3/h4-6,15,18H,7-14,16-17H2,1-3H3. The van der Waals surface area contributed by atoms with Gasteiger partial charge in [0.2, 0.25) is 5.91 Å². The smallest absolute Gasteiger partial charge is 0.248 e. The van der Waals surface area contributed by atoms with E-state index in [0.717, 1.165) is 51.3 Å². The number of piperidine rings is 2. The van der Waals surface area contributed by atoms with Gasteiger partial charge >= 0.3 is 0 Å². The summed E-state index contributed by atoms with van der Waals surface area (Å²) in [5, 5.41) is 0. The van der Waals surface area contributed by atoms with E-state index in [1.165, 1.54) is 18.4 Å². The monoisotopic (exact) mass is 374 g/mol. The third-order valence-corrected chi connectivity index (χ3v) is 6.04. The van der Waals surface area contributed by atoms with Gasteiger partial charge in [-0.05, 0) is 75.7 Å². The predicted molar refractivity (Wildman–Crippen MR) is 107 cm³/mol. The minimum atomic E-state index is 0.133. The zero-order chi connectivity index (χ0) is 19.3. The number of likely N-dealkylation sites (tertiary alicyclic amines) is 2. The van der Waals surface area contributed by atoms with Crippen LogP contribution in [0.4, 0.5) is 0 Å². The van der Waals surface area contributed by atoms with Gasteiger partial charge in [-0.15, -0.1) is 0 Å². The maximum Gasteiger partial charge on any atom is 0.248 e. The number of nitrogens with zero attached hydrogens (tertiary/aromatic N) is 2. The molecule has 1 spiro atoms. The average molecular weight is 375 g/mol. The molecule has 2 aliphatic heterocycles. The Bertz CT molecular complexity index is 614. The Morgan fingerprint density at radius 2 is 1.78 bits per heavy atom. The molecule has 5 heteroatoms. The molecule has 2 saturated heterocycles. The lowest BCUT2D eigenvalue weighted by Crippen LogP contribution is -2.48. The first kappa shape index (κ1) is 20.2. The van der Waals surface area contributed by atoms with Crippen molar-refractivity contribution < 1.29 is 14.3 Å². The van der Waals surface area contributed by atoms with Crippen molar-refractivity contribution in [1.82, 2.24) is 9.80 Å². The SMILES string of the molecule is COCC(=O)N1CCC2(CCN(Cc3cccc(OC(C)C)c3)CC2)CC1. The highest BCUT2D eigenvalue weighted by molar-refractivity contribution is 5.77. The van der Waals surface area contributed by atoms with E-state index in [1.807, 2.05) is 11.0 Å². The Kier molecular flexibility index (Phi) is 6.77. The molecule has 1 aromatic carbocycles. The van der Waals surface area contributed by atoms with Gasteiger partial charge in [-0.3, -0.25) is 9.69 Å². The fourth-order valence-corrected chi connectivity index (χ4v) is 4.38. The first-order chi connectivity index (χ1) is 13.0. The van der Waals surface area contributed by atoms with Crippen molar-refractivity contribution in [1.29, 1.82) is 0 Å². The Balaban J connectivity index is 1.48. The van der Waals surface area contributed by atoms with Gasteiger partial charge < -0.3 is 14.4 Å². The molecular weight excluding hydrogens is 340 g/mol. The van der Waals surface area contributed by atoms with E-state index in [-0.39, 0.29) is 18.6 Å². The number of hydrogen-bond acceptors (Lipinski definition) is 4. The van der Waals surface area contributed by atoms with Gasteiger partial charge in [0, 0.05) is 26.7 Å². The molecule has 0 aromatic heterocycles. The molecule has 2 aliphatic rings. The van der Waals surface area contributed by atoms with Crippen molar-refractivity contribution in [2.45, 2.75) is 52.2 Å². The molecule has 150 valence electrons. The summed E-state index contributed by atoms with van der Waals surface area (Å²) in [6, 6.07) is 8.49.